The Kier molecular flexibility index (Phi) is 4.32. The van der Waals surface area contributed by atoms with Crippen molar-refractivity contribution in [2.45, 2.75) is 50.3 Å². The summed E-state index contributed by atoms with van der Waals surface area (Å²) in [5.41, 5.74) is 0.787. The molecule has 25 heavy (non-hydrogen) atoms. The molecule has 2 fully saturated rings. The van der Waals surface area contributed by atoms with Gasteiger partial charge in [0, 0.05) is 31.4 Å². The molecule has 1 spiro atoms. The zero-order chi connectivity index (χ0) is 17.3. The normalized spacial score (nSPS) is 26.0. The maximum absolute atomic E-state index is 10.5. The Labute approximate surface area is 147 Å². The third-order valence-corrected chi connectivity index (χ3v) is 5.72. The number of aliphatic hydroxyl groups is 1. The molecule has 2 saturated heterocycles. The Morgan fingerprint density at radius 2 is 2.16 bits per heavy atom. The summed E-state index contributed by atoms with van der Waals surface area (Å²) in [4.78, 5) is 16.5. The Morgan fingerprint density at radius 3 is 3.04 bits per heavy atom. The second-order valence-electron chi connectivity index (χ2n) is 7.18. The molecule has 2 aliphatic heterocycles. The molecule has 2 N–H and O–H groups in total. The summed E-state index contributed by atoms with van der Waals surface area (Å²) < 4.78 is 0. The Hall–Kier alpha value is -2.17. The van der Waals surface area contributed by atoms with Crippen molar-refractivity contribution >= 4 is 16.9 Å². The number of likely N-dealkylation sites (tertiary alicyclic amines) is 1. The van der Waals surface area contributed by atoms with Crippen LogP contribution in [0.4, 0.5) is 5.82 Å². The van der Waals surface area contributed by atoms with E-state index in [-0.39, 0.29) is 12.0 Å². The van der Waals surface area contributed by atoms with Crippen LogP contribution in [0, 0.1) is 11.3 Å². The van der Waals surface area contributed by atoms with Crippen LogP contribution < -0.4 is 4.90 Å². The second kappa shape index (κ2) is 6.62. The number of hydrogen-bond donors (Lipinski definition) is 2. The van der Waals surface area contributed by atoms with Gasteiger partial charge < -0.3 is 15.0 Å². The zero-order valence-electron chi connectivity index (χ0n) is 14.4. The molecule has 2 unspecified atom stereocenters. The standard InChI is InChI=1S/C18H24N6O/c19-8-4-15(25)24-11-2-1-6-18(24)7-3-10-23(12-18)17-14-5-9-20-16(14)21-13-22-17/h5,9,13,15,25H,1-4,6-7,10-12H2,(H,20,21,22). The molecule has 0 aliphatic carbocycles. The summed E-state index contributed by atoms with van der Waals surface area (Å²) in [6, 6.07) is 4.14. The van der Waals surface area contributed by atoms with E-state index >= 15 is 0 Å². The number of piperidine rings is 2. The number of aromatic nitrogens is 3. The van der Waals surface area contributed by atoms with Crippen molar-refractivity contribution in [2.75, 3.05) is 24.5 Å². The lowest BCUT2D eigenvalue weighted by molar-refractivity contribution is -0.0905. The Morgan fingerprint density at radius 1 is 1.28 bits per heavy atom. The van der Waals surface area contributed by atoms with E-state index in [0.29, 0.717) is 0 Å². The number of rotatable bonds is 3. The van der Waals surface area contributed by atoms with E-state index < -0.39 is 6.23 Å². The summed E-state index contributed by atoms with van der Waals surface area (Å²) in [5.74, 6) is 0.964. The minimum absolute atomic E-state index is 0.0691. The lowest BCUT2D eigenvalue weighted by atomic mass is 9.79. The monoisotopic (exact) mass is 340 g/mol. The molecular weight excluding hydrogens is 316 g/mol. The number of anilines is 1. The van der Waals surface area contributed by atoms with Crippen LogP contribution in [-0.2, 0) is 0 Å². The zero-order valence-corrected chi connectivity index (χ0v) is 14.4. The molecule has 0 radical (unpaired) electrons. The quantitative estimate of drug-likeness (QED) is 0.888. The van der Waals surface area contributed by atoms with Crippen LogP contribution in [0.3, 0.4) is 0 Å². The molecule has 2 aromatic heterocycles. The van der Waals surface area contributed by atoms with Crippen LogP contribution >= 0.6 is 0 Å². The topological polar surface area (TPSA) is 92.1 Å². The number of fused-ring (bicyclic) bond motifs is 1. The van der Waals surface area contributed by atoms with Crippen molar-refractivity contribution in [1.82, 2.24) is 19.9 Å². The minimum atomic E-state index is -0.678. The average Bonchev–Trinajstić information content (AvgIpc) is 3.11. The van der Waals surface area contributed by atoms with Gasteiger partial charge in [-0.1, -0.05) is 6.42 Å². The van der Waals surface area contributed by atoms with Gasteiger partial charge in [0.2, 0.25) is 0 Å². The highest BCUT2D eigenvalue weighted by Gasteiger charge is 2.45. The van der Waals surface area contributed by atoms with Crippen LogP contribution in [0.15, 0.2) is 18.6 Å². The summed E-state index contributed by atoms with van der Waals surface area (Å²) in [7, 11) is 0. The van der Waals surface area contributed by atoms with Gasteiger partial charge in [0.15, 0.2) is 0 Å². The van der Waals surface area contributed by atoms with Crippen LogP contribution in [-0.4, -0.2) is 56.4 Å². The largest absolute Gasteiger partial charge is 0.377 e. The molecule has 0 bridgehead atoms. The molecular formula is C18H24N6O. The van der Waals surface area contributed by atoms with E-state index in [1.54, 1.807) is 6.33 Å². The van der Waals surface area contributed by atoms with Crippen LogP contribution in [0.25, 0.3) is 11.0 Å². The van der Waals surface area contributed by atoms with E-state index in [9.17, 15) is 5.11 Å². The number of hydrogen-bond acceptors (Lipinski definition) is 6. The van der Waals surface area contributed by atoms with Crippen molar-refractivity contribution in [2.24, 2.45) is 0 Å². The van der Waals surface area contributed by atoms with Crippen molar-refractivity contribution in [3.05, 3.63) is 18.6 Å². The number of aromatic amines is 1. The number of nitrogens with one attached hydrogen (secondary N) is 1. The number of aliphatic hydroxyl groups excluding tert-OH is 1. The first-order valence-corrected chi connectivity index (χ1v) is 9.08. The molecule has 2 aliphatic rings. The molecule has 2 atom stereocenters. The number of nitriles is 1. The molecule has 4 heterocycles. The highest BCUT2D eigenvalue weighted by molar-refractivity contribution is 5.87. The Balaban J connectivity index is 1.65. The Bertz CT molecular complexity index is 779. The molecule has 2 aromatic rings. The SMILES string of the molecule is N#CCC(O)N1CCCCC12CCCN(c1ncnc3[nH]ccc13)C2. The molecule has 132 valence electrons. The van der Waals surface area contributed by atoms with Crippen molar-refractivity contribution in [3.63, 3.8) is 0 Å². The molecule has 0 amide bonds. The molecule has 7 nitrogen and oxygen atoms in total. The van der Waals surface area contributed by atoms with Gasteiger partial charge in [-0.05, 0) is 31.7 Å². The van der Waals surface area contributed by atoms with Gasteiger partial charge in [-0.3, -0.25) is 4.90 Å². The van der Waals surface area contributed by atoms with Crippen LogP contribution in [0.1, 0.15) is 38.5 Å². The lowest BCUT2D eigenvalue weighted by Gasteiger charge is -2.53. The van der Waals surface area contributed by atoms with Gasteiger partial charge in [0.1, 0.15) is 24.0 Å². The molecule has 4 rings (SSSR count). The molecule has 0 aromatic carbocycles. The molecule has 0 saturated carbocycles. The van der Waals surface area contributed by atoms with Crippen molar-refractivity contribution < 1.29 is 5.11 Å². The van der Waals surface area contributed by atoms with Gasteiger partial charge in [-0.25, -0.2) is 9.97 Å². The first-order chi connectivity index (χ1) is 12.2. The lowest BCUT2D eigenvalue weighted by Crippen LogP contribution is -2.63. The van der Waals surface area contributed by atoms with E-state index in [1.165, 1.54) is 6.42 Å². The fourth-order valence-electron chi connectivity index (χ4n) is 4.62. The van der Waals surface area contributed by atoms with Crippen molar-refractivity contribution in [3.8, 4) is 6.07 Å². The van der Waals surface area contributed by atoms with E-state index in [0.717, 1.165) is 62.2 Å². The van der Waals surface area contributed by atoms with Gasteiger partial charge in [-0.2, -0.15) is 5.26 Å². The summed E-state index contributed by atoms with van der Waals surface area (Å²) in [6.07, 6.45) is 8.43. The highest BCUT2D eigenvalue weighted by atomic mass is 16.3. The third-order valence-electron chi connectivity index (χ3n) is 5.72. The molecule has 7 heteroatoms. The van der Waals surface area contributed by atoms with Gasteiger partial charge in [0.25, 0.3) is 0 Å². The predicted octanol–water partition coefficient (Wildman–Crippen LogP) is 2.01. The maximum atomic E-state index is 10.5. The number of nitrogens with zero attached hydrogens (tertiary/aromatic N) is 5. The first kappa shape index (κ1) is 16.3. The summed E-state index contributed by atoms with van der Waals surface area (Å²) >= 11 is 0. The fourth-order valence-corrected chi connectivity index (χ4v) is 4.62. The van der Waals surface area contributed by atoms with Crippen LogP contribution in [0.2, 0.25) is 0 Å². The van der Waals surface area contributed by atoms with E-state index in [4.69, 9.17) is 5.26 Å². The third kappa shape index (κ3) is 2.86. The van der Waals surface area contributed by atoms with E-state index in [1.807, 2.05) is 12.3 Å². The van der Waals surface area contributed by atoms with Crippen molar-refractivity contribution in [1.29, 1.82) is 5.26 Å². The maximum Gasteiger partial charge on any atom is 0.142 e. The average molecular weight is 340 g/mol. The summed E-state index contributed by atoms with van der Waals surface area (Å²) in [6.45, 7) is 2.66. The van der Waals surface area contributed by atoms with Crippen LogP contribution in [0.5, 0.6) is 0 Å². The smallest absolute Gasteiger partial charge is 0.142 e. The minimum Gasteiger partial charge on any atom is -0.377 e. The van der Waals surface area contributed by atoms with Gasteiger partial charge in [0.05, 0.1) is 17.9 Å². The number of H-pyrrole nitrogens is 1. The first-order valence-electron chi connectivity index (χ1n) is 9.08. The van der Waals surface area contributed by atoms with Gasteiger partial charge >= 0.3 is 0 Å². The predicted molar refractivity (Wildman–Crippen MR) is 94.9 cm³/mol. The van der Waals surface area contributed by atoms with E-state index in [2.05, 4.69) is 30.8 Å². The van der Waals surface area contributed by atoms with Gasteiger partial charge in [-0.15, -0.1) is 0 Å². The highest BCUT2D eigenvalue weighted by Crippen LogP contribution is 2.39. The summed E-state index contributed by atoms with van der Waals surface area (Å²) in [5, 5.41) is 20.6. The fraction of sp³-hybridized carbons (Fsp3) is 0.611. The second-order valence-corrected chi connectivity index (χ2v) is 7.18.